The first-order valence-electron chi connectivity index (χ1n) is 4.25. The summed E-state index contributed by atoms with van der Waals surface area (Å²) in [6.07, 6.45) is 0. The lowest BCUT2D eigenvalue weighted by atomic mass is 9.84. The van der Waals surface area contributed by atoms with Crippen molar-refractivity contribution >= 4 is 21.8 Å². The molecule has 0 fully saturated rings. The summed E-state index contributed by atoms with van der Waals surface area (Å²) >= 11 is 3.36. The SMILES string of the molecule is CC(C)(C(=O)NN)c1cccc(Br)c1. The van der Waals surface area contributed by atoms with Crippen molar-refractivity contribution in [3.05, 3.63) is 34.3 Å². The van der Waals surface area contributed by atoms with E-state index in [1.54, 1.807) is 0 Å². The largest absolute Gasteiger partial charge is 0.294 e. The van der Waals surface area contributed by atoms with Crippen LogP contribution in [0.15, 0.2) is 28.7 Å². The van der Waals surface area contributed by atoms with Crippen molar-refractivity contribution in [2.24, 2.45) is 5.84 Å². The zero-order chi connectivity index (χ0) is 10.8. The molecule has 0 saturated heterocycles. The van der Waals surface area contributed by atoms with E-state index in [1.165, 1.54) is 0 Å². The summed E-state index contributed by atoms with van der Waals surface area (Å²) in [7, 11) is 0. The highest BCUT2D eigenvalue weighted by Crippen LogP contribution is 2.25. The molecule has 0 saturated carbocycles. The first-order valence-corrected chi connectivity index (χ1v) is 5.05. The number of rotatable bonds is 2. The summed E-state index contributed by atoms with van der Waals surface area (Å²) in [5.41, 5.74) is 2.48. The van der Waals surface area contributed by atoms with Crippen molar-refractivity contribution < 1.29 is 4.79 Å². The van der Waals surface area contributed by atoms with Gasteiger partial charge in [0.15, 0.2) is 0 Å². The van der Waals surface area contributed by atoms with Crippen molar-refractivity contribution in [1.82, 2.24) is 5.43 Å². The molecule has 0 atom stereocenters. The maximum Gasteiger partial charge on any atom is 0.243 e. The standard InChI is InChI=1S/C10H13BrN2O/c1-10(2,9(14)13-12)7-4-3-5-8(11)6-7/h3-6H,12H2,1-2H3,(H,13,14). The van der Waals surface area contributed by atoms with Crippen molar-refractivity contribution in [3.63, 3.8) is 0 Å². The van der Waals surface area contributed by atoms with Gasteiger partial charge in [-0.3, -0.25) is 10.2 Å². The monoisotopic (exact) mass is 256 g/mol. The van der Waals surface area contributed by atoms with Crippen LogP contribution in [0.5, 0.6) is 0 Å². The predicted molar refractivity (Wildman–Crippen MR) is 59.5 cm³/mol. The Balaban J connectivity index is 3.09. The average molecular weight is 257 g/mol. The fourth-order valence-electron chi connectivity index (χ4n) is 1.19. The number of hydrogen-bond acceptors (Lipinski definition) is 2. The molecule has 76 valence electrons. The fourth-order valence-corrected chi connectivity index (χ4v) is 1.59. The number of halogens is 1. The van der Waals surface area contributed by atoms with E-state index in [4.69, 9.17) is 5.84 Å². The minimum atomic E-state index is -0.613. The van der Waals surface area contributed by atoms with Crippen LogP contribution >= 0.6 is 15.9 Å². The number of nitrogens with one attached hydrogen (secondary N) is 1. The van der Waals surface area contributed by atoms with Gasteiger partial charge in [-0.05, 0) is 31.5 Å². The molecule has 0 aliphatic heterocycles. The van der Waals surface area contributed by atoms with Gasteiger partial charge in [-0.1, -0.05) is 28.1 Å². The van der Waals surface area contributed by atoms with E-state index < -0.39 is 5.41 Å². The van der Waals surface area contributed by atoms with Gasteiger partial charge in [0.2, 0.25) is 5.91 Å². The Morgan fingerprint density at radius 2 is 2.14 bits per heavy atom. The van der Waals surface area contributed by atoms with Crippen molar-refractivity contribution in [1.29, 1.82) is 0 Å². The molecule has 3 nitrogen and oxygen atoms in total. The van der Waals surface area contributed by atoms with Crippen LogP contribution in [0.3, 0.4) is 0 Å². The van der Waals surface area contributed by atoms with Gasteiger partial charge < -0.3 is 0 Å². The van der Waals surface area contributed by atoms with Crippen molar-refractivity contribution in [2.75, 3.05) is 0 Å². The molecule has 0 aromatic heterocycles. The van der Waals surface area contributed by atoms with E-state index in [-0.39, 0.29) is 5.91 Å². The third-order valence-corrected chi connectivity index (χ3v) is 2.74. The van der Waals surface area contributed by atoms with Gasteiger partial charge in [0.1, 0.15) is 0 Å². The minimum Gasteiger partial charge on any atom is -0.294 e. The molecule has 0 unspecified atom stereocenters. The summed E-state index contributed by atoms with van der Waals surface area (Å²) in [6.45, 7) is 3.66. The lowest BCUT2D eigenvalue weighted by Crippen LogP contribution is -2.43. The van der Waals surface area contributed by atoms with Crippen LogP contribution in [0.2, 0.25) is 0 Å². The van der Waals surface area contributed by atoms with Crippen LogP contribution in [-0.4, -0.2) is 5.91 Å². The van der Waals surface area contributed by atoms with E-state index in [2.05, 4.69) is 21.4 Å². The zero-order valence-electron chi connectivity index (χ0n) is 8.17. The molecular formula is C10H13BrN2O. The summed E-state index contributed by atoms with van der Waals surface area (Å²) in [6, 6.07) is 7.63. The number of carbonyl (C=O) groups is 1. The average Bonchev–Trinajstić information content (AvgIpc) is 2.16. The molecule has 0 bridgehead atoms. The number of benzene rings is 1. The number of amides is 1. The van der Waals surface area contributed by atoms with Crippen LogP contribution in [-0.2, 0) is 10.2 Å². The summed E-state index contributed by atoms with van der Waals surface area (Å²) in [5, 5.41) is 0. The number of nitrogens with two attached hydrogens (primary N) is 1. The second kappa shape index (κ2) is 4.11. The molecule has 3 N–H and O–H groups in total. The van der Waals surface area contributed by atoms with Crippen LogP contribution in [0.4, 0.5) is 0 Å². The summed E-state index contributed by atoms with van der Waals surface area (Å²) in [4.78, 5) is 11.5. The van der Waals surface area contributed by atoms with Crippen LogP contribution < -0.4 is 11.3 Å². The smallest absolute Gasteiger partial charge is 0.243 e. The molecule has 0 aliphatic carbocycles. The van der Waals surface area contributed by atoms with Crippen LogP contribution in [0, 0.1) is 0 Å². The highest BCUT2D eigenvalue weighted by Gasteiger charge is 2.28. The molecule has 1 aromatic rings. The maximum absolute atomic E-state index is 11.5. The first-order chi connectivity index (χ1) is 6.48. The lowest BCUT2D eigenvalue weighted by Gasteiger charge is -2.22. The molecule has 14 heavy (non-hydrogen) atoms. The van der Waals surface area contributed by atoms with E-state index >= 15 is 0 Å². The molecular weight excluding hydrogens is 244 g/mol. The summed E-state index contributed by atoms with van der Waals surface area (Å²) < 4.78 is 0.952. The van der Waals surface area contributed by atoms with Gasteiger partial charge in [0.05, 0.1) is 5.41 Å². The van der Waals surface area contributed by atoms with E-state index in [0.29, 0.717) is 0 Å². The third kappa shape index (κ3) is 2.13. The number of hydrazine groups is 1. The van der Waals surface area contributed by atoms with Gasteiger partial charge in [0, 0.05) is 4.47 Å². The highest BCUT2D eigenvalue weighted by molar-refractivity contribution is 9.10. The van der Waals surface area contributed by atoms with Gasteiger partial charge in [0.25, 0.3) is 0 Å². The zero-order valence-corrected chi connectivity index (χ0v) is 9.76. The minimum absolute atomic E-state index is 0.199. The first kappa shape index (κ1) is 11.2. The Morgan fingerprint density at radius 1 is 1.50 bits per heavy atom. The van der Waals surface area contributed by atoms with E-state index in [0.717, 1.165) is 10.0 Å². The predicted octanol–water partition coefficient (Wildman–Crippen LogP) is 1.72. The van der Waals surface area contributed by atoms with Gasteiger partial charge in [-0.2, -0.15) is 0 Å². The normalized spacial score (nSPS) is 11.1. The second-order valence-electron chi connectivity index (χ2n) is 3.61. The van der Waals surface area contributed by atoms with Gasteiger partial charge in [-0.25, -0.2) is 5.84 Å². The molecule has 1 amide bonds. The second-order valence-corrected chi connectivity index (χ2v) is 4.52. The quantitative estimate of drug-likeness (QED) is 0.481. The van der Waals surface area contributed by atoms with E-state index in [9.17, 15) is 4.79 Å². The van der Waals surface area contributed by atoms with Crippen molar-refractivity contribution in [2.45, 2.75) is 19.3 Å². The molecule has 0 aliphatic rings. The van der Waals surface area contributed by atoms with Crippen LogP contribution in [0.25, 0.3) is 0 Å². The Bertz CT molecular complexity index is 350. The third-order valence-electron chi connectivity index (χ3n) is 2.25. The highest BCUT2D eigenvalue weighted by atomic mass is 79.9. The topological polar surface area (TPSA) is 55.1 Å². The Hall–Kier alpha value is -0.870. The van der Waals surface area contributed by atoms with E-state index in [1.807, 2.05) is 38.1 Å². The molecule has 1 aromatic carbocycles. The molecule has 0 radical (unpaired) electrons. The van der Waals surface area contributed by atoms with Crippen LogP contribution in [0.1, 0.15) is 19.4 Å². The fraction of sp³-hybridized carbons (Fsp3) is 0.300. The van der Waals surface area contributed by atoms with Gasteiger partial charge >= 0.3 is 0 Å². The summed E-state index contributed by atoms with van der Waals surface area (Å²) in [5.74, 6) is 4.92. The van der Waals surface area contributed by atoms with Gasteiger partial charge in [-0.15, -0.1) is 0 Å². The molecule has 4 heteroatoms. The lowest BCUT2D eigenvalue weighted by molar-refractivity contribution is -0.125. The van der Waals surface area contributed by atoms with Crippen molar-refractivity contribution in [3.8, 4) is 0 Å². The molecule has 0 heterocycles. The number of hydrogen-bond donors (Lipinski definition) is 2. The maximum atomic E-state index is 11.5. The Morgan fingerprint density at radius 3 is 2.64 bits per heavy atom. The Kier molecular flexibility index (Phi) is 3.29. The molecule has 1 rings (SSSR count). The molecule has 0 spiro atoms. The Labute approximate surface area is 91.8 Å². The number of carbonyl (C=O) groups excluding carboxylic acids is 1.